The zero-order chi connectivity index (χ0) is 14.5. The van der Waals surface area contributed by atoms with Crippen molar-refractivity contribution >= 4 is 0 Å². The molecule has 2 aromatic rings. The third-order valence-corrected chi connectivity index (χ3v) is 4.32. The van der Waals surface area contributed by atoms with Crippen LogP contribution >= 0.6 is 0 Å². The molecule has 1 unspecified atom stereocenters. The molecule has 1 aromatic heterocycles. The zero-order valence-electron chi connectivity index (χ0n) is 12.7. The van der Waals surface area contributed by atoms with Crippen molar-refractivity contribution in [3.8, 4) is 11.5 Å². The number of benzene rings is 1. The van der Waals surface area contributed by atoms with E-state index in [-0.39, 0.29) is 0 Å². The van der Waals surface area contributed by atoms with E-state index in [1.54, 1.807) is 0 Å². The Morgan fingerprint density at radius 2 is 2.05 bits per heavy atom. The lowest BCUT2D eigenvalue weighted by Gasteiger charge is -2.34. The predicted octanol–water partition coefficient (Wildman–Crippen LogP) is 3.54. The van der Waals surface area contributed by atoms with Crippen LogP contribution in [0.3, 0.4) is 0 Å². The molecule has 0 radical (unpaired) electrons. The van der Waals surface area contributed by atoms with Crippen molar-refractivity contribution in [3.63, 3.8) is 0 Å². The molecular weight excluding hydrogens is 262 g/mol. The summed E-state index contributed by atoms with van der Waals surface area (Å²) in [6, 6.07) is 10.7. The molecular formula is C17H23N3O. The molecule has 0 saturated carbocycles. The molecule has 0 bridgehead atoms. The van der Waals surface area contributed by atoms with Crippen molar-refractivity contribution in [2.45, 2.75) is 45.1 Å². The summed E-state index contributed by atoms with van der Waals surface area (Å²) in [5, 5.41) is 8.34. The lowest BCUT2D eigenvalue weighted by atomic mass is 10.00. The zero-order valence-corrected chi connectivity index (χ0v) is 12.7. The van der Waals surface area contributed by atoms with Gasteiger partial charge in [0.1, 0.15) is 0 Å². The van der Waals surface area contributed by atoms with E-state index >= 15 is 0 Å². The van der Waals surface area contributed by atoms with Gasteiger partial charge in [0.25, 0.3) is 0 Å². The summed E-state index contributed by atoms with van der Waals surface area (Å²) in [7, 11) is 0. The normalized spacial score (nSPS) is 19.8. The van der Waals surface area contributed by atoms with Crippen LogP contribution in [-0.2, 0) is 6.42 Å². The third kappa shape index (κ3) is 3.50. The Labute approximate surface area is 126 Å². The lowest BCUT2D eigenvalue weighted by Crippen LogP contribution is -2.40. The van der Waals surface area contributed by atoms with Crippen LogP contribution in [0, 0.1) is 0 Å². The van der Waals surface area contributed by atoms with Crippen LogP contribution in [0.2, 0.25) is 0 Å². The molecule has 0 amide bonds. The van der Waals surface area contributed by atoms with Gasteiger partial charge < -0.3 is 4.42 Å². The minimum atomic E-state index is 0.622. The maximum atomic E-state index is 5.78. The topological polar surface area (TPSA) is 42.2 Å². The van der Waals surface area contributed by atoms with Gasteiger partial charge in [-0.2, -0.15) is 0 Å². The van der Waals surface area contributed by atoms with E-state index in [1.165, 1.54) is 32.2 Å². The quantitative estimate of drug-likeness (QED) is 0.842. The highest BCUT2D eigenvalue weighted by Gasteiger charge is 2.21. The van der Waals surface area contributed by atoms with Gasteiger partial charge in [0.05, 0.1) is 0 Å². The summed E-state index contributed by atoms with van der Waals surface area (Å²) < 4.78 is 5.78. The van der Waals surface area contributed by atoms with E-state index in [1.807, 2.05) is 30.3 Å². The molecule has 1 aliphatic rings. The van der Waals surface area contributed by atoms with Crippen molar-refractivity contribution in [1.29, 1.82) is 0 Å². The Morgan fingerprint density at radius 1 is 1.19 bits per heavy atom. The lowest BCUT2D eigenvalue weighted by molar-refractivity contribution is 0.143. The molecule has 3 rings (SSSR count). The van der Waals surface area contributed by atoms with Gasteiger partial charge in [-0.05, 0) is 37.9 Å². The second-order valence-corrected chi connectivity index (χ2v) is 5.71. The van der Waals surface area contributed by atoms with Crippen LogP contribution in [0.1, 0.15) is 38.5 Å². The highest BCUT2D eigenvalue weighted by Crippen LogP contribution is 2.21. The molecule has 4 heteroatoms. The summed E-state index contributed by atoms with van der Waals surface area (Å²) in [5.41, 5.74) is 0.987. The van der Waals surface area contributed by atoms with Crippen molar-refractivity contribution < 1.29 is 4.42 Å². The van der Waals surface area contributed by atoms with E-state index in [0.29, 0.717) is 5.89 Å². The average Bonchev–Trinajstić information content (AvgIpc) is 3.03. The number of hydrogen-bond acceptors (Lipinski definition) is 4. The molecule has 4 nitrogen and oxygen atoms in total. The summed E-state index contributed by atoms with van der Waals surface area (Å²) in [4.78, 5) is 2.58. The number of likely N-dealkylation sites (tertiary alicyclic amines) is 1. The van der Waals surface area contributed by atoms with Crippen molar-refractivity contribution in [2.75, 3.05) is 13.1 Å². The van der Waals surface area contributed by atoms with E-state index in [9.17, 15) is 0 Å². The fraction of sp³-hybridized carbons (Fsp3) is 0.529. The van der Waals surface area contributed by atoms with Gasteiger partial charge in [0.2, 0.25) is 11.8 Å². The van der Waals surface area contributed by atoms with Gasteiger partial charge in [-0.15, -0.1) is 10.2 Å². The molecule has 1 aromatic carbocycles. The first-order chi connectivity index (χ1) is 10.4. The Kier molecular flexibility index (Phi) is 4.65. The summed E-state index contributed by atoms with van der Waals surface area (Å²) in [6.45, 7) is 4.51. The van der Waals surface area contributed by atoms with Crippen LogP contribution in [-0.4, -0.2) is 34.2 Å². The highest BCUT2D eigenvalue weighted by atomic mass is 16.4. The fourth-order valence-corrected chi connectivity index (χ4v) is 3.11. The van der Waals surface area contributed by atoms with Crippen molar-refractivity contribution in [1.82, 2.24) is 15.1 Å². The molecule has 1 fully saturated rings. The second-order valence-electron chi connectivity index (χ2n) is 5.71. The van der Waals surface area contributed by atoms with Gasteiger partial charge in [-0.3, -0.25) is 4.90 Å². The Balaban J connectivity index is 1.60. The smallest absolute Gasteiger partial charge is 0.247 e. The Hall–Kier alpha value is -1.68. The first-order valence-electron chi connectivity index (χ1n) is 7.98. The monoisotopic (exact) mass is 285 g/mol. The van der Waals surface area contributed by atoms with Gasteiger partial charge >= 0.3 is 0 Å². The van der Waals surface area contributed by atoms with Gasteiger partial charge in [-0.25, -0.2) is 0 Å². The van der Waals surface area contributed by atoms with E-state index in [2.05, 4.69) is 22.0 Å². The third-order valence-electron chi connectivity index (χ3n) is 4.32. The number of aromatic nitrogens is 2. The predicted molar refractivity (Wildman–Crippen MR) is 82.9 cm³/mol. The van der Waals surface area contributed by atoms with Gasteiger partial charge in [0.15, 0.2) is 0 Å². The van der Waals surface area contributed by atoms with Crippen molar-refractivity contribution in [2.24, 2.45) is 0 Å². The molecule has 1 saturated heterocycles. The second kappa shape index (κ2) is 6.85. The summed E-state index contributed by atoms with van der Waals surface area (Å²) in [5.74, 6) is 1.37. The number of nitrogens with zero attached hydrogens (tertiary/aromatic N) is 3. The van der Waals surface area contributed by atoms with Crippen LogP contribution in [0.25, 0.3) is 11.5 Å². The largest absolute Gasteiger partial charge is 0.421 e. The van der Waals surface area contributed by atoms with Crippen molar-refractivity contribution in [3.05, 3.63) is 36.2 Å². The molecule has 0 aliphatic carbocycles. The maximum absolute atomic E-state index is 5.78. The Morgan fingerprint density at radius 3 is 2.86 bits per heavy atom. The van der Waals surface area contributed by atoms with E-state index in [0.717, 1.165) is 30.5 Å². The number of rotatable bonds is 5. The average molecular weight is 285 g/mol. The molecule has 112 valence electrons. The highest BCUT2D eigenvalue weighted by molar-refractivity contribution is 5.51. The standard InChI is InChI=1S/C17H23N3O/c1-2-15-10-6-7-12-20(15)13-11-16-18-19-17(21-16)14-8-4-3-5-9-14/h3-5,8-9,15H,2,6-7,10-13H2,1H3. The van der Waals surface area contributed by atoms with Crippen LogP contribution in [0.5, 0.6) is 0 Å². The van der Waals surface area contributed by atoms with Gasteiger partial charge in [0, 0.05) is 24.6 Å². The number of hydrogen-bond donors (Lipinski definition) is 0. The van der Waals surface area contributed by atoms with Crippen LogP contribution in [0.15, 0.2) is 34.7 Å². The molecule has 21 heavy (non-hydrogen) atoms. The minimum absolute atomic E-state index is 0.622. The summed E-state index contributed by atoms with van der Waals surface area (Å²) >= 11 is 0. The molecule has 1 atom stereocenters. The van der Waals surface area contributed by atoms with E-state index in [4.69, 9.17) is 4.42 Å². The number of piperidine rings is 1. The first-order valence-corrected chi connectivity index (χ1v) is 7.98. The SMILES string of the molecule is CCC1CCCCN1CCc1nnc(-c2ccccc2)o1. The van der Waals surface area contributed by atoms with E-state index < -0.39 is 0 Å². The maximum Gasteiger partial charge on any atom is 0.247 e. The van der Waals surface area contributed by atoms with Crippen LogP contribution in [0.4, 0.5) is 0 Å². The minimum Gasteiger partial charge on any atom is -0.421 e. The first kappa shape index (κ1) is 14.3. The van der Waals surface area contributed by atoms with Gasteiger partial charge in [-0.1, -0.05) is 31.5 Å². The van der Waals surface area contributed by atoms with Crippen LogP contribution < -0.4 is 0 Å². The Bertz CT molecular complexity index is 552. The summed E-state index contributed by atoms with van der Waals surface area (Å²) in [6.07, 6.45) is 6.09. The molecule has 0 N–H and O–H groups in total. The molecule has 2 heterocycles. The molecule has 1 aliphatic heterocycles. The molecule has 0 spiro atoms. The fourth-order valence-electron chi connectivity index (χ4n) is 3.11.